The average molecular weight is 218 g/mol. The van der Waals surface area contributed by atoms with E-state index in [0.717, 1.165) is 12.8 Å². The predicted molar refractivity (Wildman–Crippen MR) is 63.4 cm³/mol. The average Bonchev–Trinajstić information content (AvgIpc) is 3.10. The standard InChI is InChI=1S/C14H18O2/c1-16-9-5-8-14(15)13-10-12(13)11-6-3-2-4-7-11/h2-4,6-7,12-13H,5,8-10H2,1H3. The van der Waals surface area contributed by atoms with Crippen LogP contribution in [0.2, 0.25) is 0 Å². The van der Waals surface area contributed by atoms with E-state index in [9.17, 15) is 4.79 Å². The second-order valence-corrected chi connectivity index (χ2v) is 4.42. The third kappa shape index (κ3) is 2.70. The van der Waals surface area contributed by atoms with E-state index in [2.05, 4.69) is 12.1 Å². The number of methoxy groups -OCH3 is 1. The van der Waals surface area contributed by atoms with Gasteiger partial charge in [-0.2, -0.15) is 0 Å². The molecule has 2 nitrogen and oxygen atoms in total. The van der Waals surface area contributed by atoms with Crippen LogP contribution in [-0.2, 0) is 9.53 Å². The first kappa shape index (κ1) is 11.3. The van der Waals surface area contributed by atoms with Crippen LogP contribution in [0.25, 0.3) is 0 Å². The van der Waals surface area contributed by atoms with Crippen molar-refractivity contribution in [1.29, 1.82) is 0 Å². The molecule has 0 bridgehead atoms. The fraction of sp³-hybridized carbons (Fsp3) is 0.500. The largest absolute Gasteiger partial charge is 0.385 e. The van der Waals surface area contributed by atoms with Gasteiger partial charge in [0.05, 0.1) is 0 Å². The highest BCUT2D eigenvalue weighted by atomic mass is 16.5. The smallest absolute Gasteiger partial charge is 0.136 e. The zero-order valence-electron chi connectivity index (χ0n) is 9.69. The molecule has 0 amide bonds. The van der Waals surface area contributed by atoms with Crippen molar-refractivity contribution < 1.29 is 9.53 Å². The van der Waals surface area contributed by atoms with Crippen LogP contribution in [0.5, 0.6) is 0 Å². The zero-order chi connectivity index (χ0) is 11.4. The van der Waals surface area contributed by atoms with Crippen molar-refractivity contribution >= 4 is 5.78 Å². The number of ketones is 1. The third-order valence-electron chi connectivity index (χ3n) is 3.20. The Morgan fingerprint density at radius 1 is 1.38 bits per heavy atom. The first-order valence-electron chi connectivity index (χ1n) is 5.89. The van der Waals surface area contributed by atoms with Gasteiger partial charge < -0.3 is 4.74 Å². The first-order chi connectivity index (χ1) is 7.83. The van der Waals surface area contributed by atoms with Gasteiger partial charge in [0.25, 0.3) is 0 Å². The van der Waals surface area contributed by atoms with Gasteiger partial charge in [0.2, 0.25) is 0 Å². The summed E-state index contributed by atoms with van der Waals surface area (Å²) in [6, 6.07) is 10.3. The highest BCUT2D eigenvalue weighted by Crippen LogP contribution is 2.48. The molecular weight excluding hydrogens is 200 g/mol. The fourth-order valence-electron chi connectivity index (χ4n) is 2.20. The van der Waals surface area contributed by atoms with Crippen LogP contribution >= 0.6 is 0 Å². The molecule has 0 spiro atoms. The summed E-state index contributed by atoms with van der Waals surface area (Å²) in [6.45, 7) is 0.689. The molecule has 2 atom stereocenters. The SMILES string of the molecule is COCCCC(=O)C1CC1c1ccccc1. The minimum Gasteiger partial charge on any atom is -0.385 e. The maximum absolute atomic E-state index is 11.8. The van der Waals surface area contributed by atoms with Gasteiger partial charge in [0.15, 0.2) is 0 Å². The Labute approximate surface area is 96.6 Å². The lowest BCUT2D eigenvalue weighted by atomic mass is 10.1. The molecule has 2 rings (SSSR count). The van der Waals surface area contributed by atoms with Crippen molar-refractivity contribution in [2.75, 3.05) is 13.7 Å². The molecule has 0 radical (unpaired) electrons. The van der Waals surface area contributed by atoms with Crippen LogP contribution < -0.4 is 0 Å². The van der Waals surface area contributed by atoms with Crippen molar-refractivity contribution in [2.24, 2.45) is 5.92 Å². The van der Waals surface area contributed by atoms with Crippen LogP contribution in [0.4, 0.5) is 0 Å². The van der Waals surface area contributed by atoms with Crippen LogP contribution in [0.1, 0.15) is 30.7 Å². The molecule has 1 saturated carbocycles. The van der Waals surface area contributed by atoms with Crippen LogP contribution in [0.15, 0.2) is 30.3 Å². The maximum Gasteiger partial charge on any atom is 0.136 e. The second-order valence-electron chi connectivity index (χ2n) is 4.42. The van der Waals surface area contributed by atoms with Gasteiger partial charge in [-0.25, -0.2) is 0 Å². The number of rotatable bonds is 6. The van der Waals surface area contributed by atoms with Crippen molar-refractivity contribution in [1.82, 2.24) is 0 Å². The lowest BCUT2D eigenvalue weighted by Crippen LogP contribution is -2.03. The van der Waals surface area contributed by atoms with Crippen LogP contribution in [-0.4, -0.2) is 19.5 Å². The predicted octanol–water partition coefficient (Wildman–Crippen LogP) is 2.79. The van der Waals surface area contributed by atoms with E-state index in [1.54, 1.807) is 7.11 Å². The van der Waals surface area contributed by atoms with E-state index in [4.69, 9.17) is 4.74 Å². The Balaban J connectivity index is 1.80. The summed E-state index contributed by atoms with van der Waals surface area (Å²) in [5.74, 6) is 1.17. The number of benzene rings is 1. The molecular formula is C14H18O2. The molecule has 86 valence electrons. The second kappa shape index (κ2) is 5.26. The topological polar surface area (TPSA) is 26.3 Å². The summed E-state index contributed by atoms with van der Waals surface area (Å²) < 4.78 is 4.95. The molecule has 1 aliphatic carbocycles. The Hall–Kier alpha value is -1.15. The maximum atomic E-state index is 11.8. The van der Waals surface area contributed by atoms with E-state index >= 15 is 0 Å². The zero-order valence-corrected chi connectivity index (χ0v) is 9.69. The monoisotopic (exact) mass is 218 g/mol. The van der Waals surface area contributed by atoms with Gasteiger partial charge in [0.1, 0.15) is 5.78 Å². The highest BCUT2D eigenvalue weighted by molar-refractivity contribution is 5.84. The van der Waals surface area contributed by atoms with Crippen molar-refractivity contribution in [2.45, 2.75) is 25.2 Å². The Morgan fingerprint density at radius 3 is 2.81 bits per heavy atom. The Morgan fingerprint density at radius 2 is 2.12 bits per heavy atom. The molecule has 16 heavy (non-hydrogen) atoms. The van der Waals surface area contributed by atoms with Gasteiger partial charge in [-0.15, -0.1) is 0 Å². The number of hydrogen-bond donors (Lipinski definition) is 0. The van der Waals surface area contributed by atoms with Crippen molar-refractivity contribution in [3.8, 4) is 0 Å². The number of hydrogen-bond acceptors (Lipinski definition) is 2. The number of carbonyl (C=O) groups excluding carboxylic acids is 1. The molecule has 1 aliphatic rings. The van der Waals surface area contributed by atoms with E-state index in [1.165, 1.54) is 5.56 Å². The summed E-state index contributed by atoms with van der Waals surface area (Å²) in [5.41, 5.74) is 1.31. The van der Waals surface area contributed by atoms with Crippen molar-refractivity contribution in [3.63, 3.8) is 0 Å². The summed E-state index contributed by atoms with van der Waals surface area (Å²) in [5, 5.41) is 0. The molecule has 1 fully saturated rings. The first-order valence-corrected chi connectivity index (χ1v) is 5.89. The van der Waals surface area contributed by atoms with E-state index in [-0.39, 0.29) is 5.92 Å². The third-order valence-corrected chi connectivity index (χ3v) is 3.20. The number of carbonyl (C=O) groups is 1. The fourth-order valence-corrected chi connectivity index (χ4v) is 2.20. The quantitative estimate of drug-likeness (QED) is 0.686. The molecule has 2 unspecified atom stereocenters. The lowest BCUT2D eigenvalue weighted by molar-refractivity contribution is -0.120. The summed E-state index contributed by atoms with van der Waals surface area (Å²) in [4.78, 5) is 11.8. The van der Waals surface area contributed by atoms with Gasteiger partial charge >= 0.3 is 0 Å². The van der Waals surface area contributed by atoms with Crippen molar-refractivity contribution in [3.05, 3.63) is 35.9 Å². The van der Waals surface area contributed by atoms with Crippen LogP contribution in [0.3, 0.4) is 0 Å². The summed E-state index contributed by atoms with van der Waals surface area (Å²) in [6.07, 6.45) is 2.56. The lowest BCUT2D eigenvalue weighted by Gasteiger charge is -2.00. The molecule has 0 N–H and O–H groups in total. The van der Waals surface area contributed by atoms with Gasteiger partial charge in [-0.3, -0.25) is 4.79 Å². The molecule has 1 aromatic carbocycles. The normalized spacial score (nSPS) is 23.1. The molecule has 0 aliphatic heterocycles. The highest BCUT2D eigenvalue weighted by Gasteiger charge is 2.42. The summed E-state index contributed by atoms with van der Waals surface area (Å²) in [7, 11) is 1.67. The number of Topliss-reactive ketones (excluding diaryl/α,β-unsaturated/α-hetero) is 1. The molecule has 0 aromatic heterocycles. The van der Waals surface area contributed by atoms with Gasteiger partial charge in [-0.05, 0) is 24.3 Å². The van der Waals surface area contributed by atoms with E-state index in [1.807, 2.05) is 18.2 Å². The molecule has 2 heteroatoms. The minimum absolute atomic E-state index is 0.277. The number of ether oxygens (including phenoxy) is 1. The van der Waals surface area contributed by atoms with Crippen LogP contribution in [0, 0.1) is 5.92 Å². The molecule has 0 heterocycles. The van der Waals surface area contributed by atoms with Gasteiger partial charge in [-0.1, -0.05) is 30.3 Å². The van der Waals surface area contributed by atoms with Gasteiger partial charge in [0, 0.05) is 26.1 Å². The Bertz CT molecular complexity index is 345. The Kier molecular flexibility index (Phi) is 3.73. The van der Waals surface area contributed by atoms with E-state index < -0.39 is 0 Å². The molecule has 1 aromatic rings. The summed E-state index contributed by atoms with van der Waals surface area (Å²) >= 11 is 0. The van der Waals surface area contributed by atoms with E-state index in [0.29, 0.717) is 24.7 Å². The minimum atomic E-state index is 0.277. The molecule has 0 saturated heterocycles.